The molecule has 1 aliphatic carbocycles. The van der Waals surface area contributed by atoms with E-state index in [4.69, 9.17) is 0 Å². The van der Waals surface area contributed by atoms with Crippen molar-refractivity contribution in [2.45, 2.75) is 32.6 Å². The average molecular weight is 399 g/mol. The van der Waals surface area contributed by atoms with E-state index < -0.39 is 0 Å². The van der Waals surface area contributed by atoms with E-state index >= 15 is 0 Å². The molecule has 0 unspecified atom stereocenters. The third-order valence-corrected chi connectivity index (χ3v) is 6.65. The molecule has 1 aliphatic heterocycles. The van der Waals surface area contributed by atoms with Gasteiger partial charge in [-0.15, -0.1) is 0 Å². The van der Waals surface area contributed by atoms with Gasteiger partial charge >= 0.3 is 0 Å². The monoisotopic (exact) mass is 398 g/mol. The molecule has 1 saturated heterocycles. The van der Waals surface area contributed by atoms with Crippen LogP contribution in [-0.4, -0.2) is 60.0 Å². The second kappa shape index (κ2) is 8.47. The summed E-state index contributed by atoms with van der Waals surface area (Å²) >= 11 is 1.52. The first-order chi connectivity index (χ1) is 13.7. The molecule has 0 amide bonds. The Kier molecular flexibility index (Phi) is 5.80. The zero-order chi connectivity index (χ0) is 19.4. The zero-order valence-corrected chi connectivity index (χ0v) is 17.7. The number of piperazine rings is 1. The van der Waals surface area contributed by atoms with E-state index in [1.807, 2.05) is 7.05 Å². The Morgan fingerprint density at radius 3 is 2.54 bits per heavy atom. The van der Waals surface area contributed by atoms with Crippen molar-refractivity contribution in [3.8, 4) is 0 Å². The number of nitrogens with one attached hydrogen (secondary N) is 1. The average Bonchev–Trinajstić information content (AvgIpc) is 3.33. The molecule has 0 radical (unpaired) electrons. The molecule has 2 heterocycles. The van der Waals surface area contributed by atoms with Gasteiger partial charge in [-0.1, -0.05) is 37.3 Å². The fourth-order valence-corrected chi connectivity index (χ4v) is 4.65. The van der Waals surface area contributed by atoms with Crippen LogP contribution in [0.2, 0.25) is 0 Å². The minimum absolute atomic E-state index is 0.405. The van der Waals surface area contributed by atoms with Crippen LogP contribution in [0.15, 0.2) is 35.3 Å². The van der Waals surface area contributed by atoms with E-state index in [-0.39, 0.29) is 0 Å². The molecule has 2 aliphatic rings. The van der Waals surface area contributed by atoms with Crippen LogP contribution in [0.4, 0.5) is 5.13 Å². The topological polar surface area (TPSA) is 56.7 Å². The summed E-state index contributed by atoms with van der Waals surface area (Å²) in [6, 6.07) is 10.8. The normalized spacial score (nSPS) is 19.0. The van der Waals surface area contributed by atoms with Crippen LogP contribution in [0.3, 0.4) is 0 Å². The third-order valence-electron chi connectivity index (χ3n) is 5.84. The number of benzene rings is 1. The van der Waals surface area contributed by atoms with Crippen LogP contribution < -0.4 is 10.2 Å². The van der Waals surface area contributed by atoms with Crippen LogP contribution in [0.25, 0.3) is 0 Å². The van der Waals surface area contributed by atoms with Gasteiger partial charge in [0.15, 0.2) is 5.96 Å². The molecule has 6 nitrogen and oxygen atoms in total. The van der Waals surface area contributed by atoms with Gasteiger partial charge in [-0.2, -0.15) is 4.37 Å². The molecule has 150 valence electrons. The fraction of sp³-hybridized carbons (Fsp3) is 0.571. The van der Waals surface area contributed by atoms with Gasteiger partial charge in [0.05, 0.1) is 0 Å². The summed E-state index contributed by atoms with van der Waals surface area (Å²) < 4.78 is 4.42. The molecule has 0 atom stereocenters. The van der Waals surface area contributed by atoms with Gasteiger partial charge in [-0.25, -0.2) is 4.98 Å². The second-order valence-electron chi connectivity index (χ2n) is 7.88. The van der Waals surface area contributed by atoms with E-state index in [1.165, 1.54) is 29.9 Å². The van der Waals surface area contributed by atoms with Crippen molar-refractivity contribution >= 4 is 22.6 Å². The van der Waals surface area contributed by atoms with E-state index in [0.717, 1.165) is 62.5 Å². The van der Waals surface area contributed by atoms with Gasteiger partial charge in [0, 0.05) is 57.7 Å². The van der Waals surface area contributed by atoms with Gasteiger partial charge in [0.25, 0.3) is 0 Å². The zero-order valence-electron chi connectivity index (χ0n) is 16.9. The first-order valence-corrected chi connectivity index (χ1v) is 11.1. The van der Waals surface area contributed by atoms with Gasteiger partial charge in [-0.3, -0.25) is 4.99 Å². The van der Waals surface area contributed by atoms with E-state index in [9.17, 15) is 0 Å². The summed E-state index contributed by atoms with van der Waals surface area (Å²) in [6.07, 6.45) is 4.66. The molecule has 7 heteroatoms. The lowest BCUT2D eigenvalue weighted by Crippen LogP contribution is -2.53. The Labute approximate surface area is 171 Å². The molecular weight excluding hydrogens is 368 g/mol. The smallest absolute Gasteiger partial charge is 0.205 e. The third kappa shape index (κ3) is 4.46. The maximum atomic E-state index is 4.63. The molecule has 28 heavy (non-hydrogen) atoms. The number of hydrogen-bond acceptors (Lipinski definition) is 5. The number of nitrogens with zero attached hydrogens (tertiary/aromatic N) is 5. The molecule has 1 N–H and O–H groups in total. The Morgan fingerprint density at radius 1 is 1.18 bits per heavy atom. The Morgan fingerprint density at radius 2 is 1.93 bits per heavy atom. The first kappa shape index (κ1) is 19.2. The number of aliphatic imine (C=N–C) groups is 1. The van der Waals surface area contributed by atoms with Crippen molar-refractivity contribution in [2.75, 3.05) is 44.7 Å². The standard InChI is InChI=1S/C21H30N6S/c1-3-18-24-20(28-25-18)27-13-11-26(12-14-27)19(22-2)23-16-21(9-10-21)15-17-7-5-4-6-8-17/h4-8H,3,9-16H2,1-2H3,(H,22,23). The molecule has 2 aromatic rings. The Bertz CT molecular complexity index is 790. The molecule has 4 rings (SSSR count). The van der Waals surface area contributed by atoms with Crippen LogP contribution in [0.5, 0.6) is 0 Å². The maximum Gasteiger partial charge on any atom is 0.205 e. The summed E-state index contributed by atoms with van der Waals surface area (Å²) in [5.74, 6) is 1.98. The van der Waals surface area contributed by atoms with Crippen molar-refractivity contribution in [1.29, 1.82) is 0 Å². The summed E-state index contributed by atoms with van der Waals surface area (Å²) in [5.41, 5.74) is 1.84. The lowest BCUT2D eigenvalue weighted by atomic mass is 9.96. The van der Waals surface area contributed by atoms with Gasteiger partial charge in [-0.05, 0) is 30.2 Å². The SMILES string of the molecule is CCc1nsc(N2CCN(C(=NC)NCC3(Cc4ccccc4)CC3)CC2)n1. The largest absolute Gasteiger partial charge is 0.356 e. The lowest BCUT2D eigenvalue weighted by molar-refractivity contribution is 0.365. The molecule has 1 aromatic carbocycles. The lowest BCUT2D eigenvalue weighted by Gasteiger charge is -2.36. The van der Waals surface area contributed by atoms with Crippen molar-refractivity contribution < 1.29 is 0 Å². The molecular formula is C21H30N6S. The van der Waals surface area contributed by atoms with Crippen molar-refractivity contribution in [3.63, 3.8) is 0 Å². The summed E-state index contributed by atoms with van der Waals surface area (Å²) in [6.45, 7) is 6.97. The van der Waals surface area contributed by atoms with Crippen LogP contribution >= 0.6 is 11.5 Å². The number of guanidine groups is 1. The number of hydrogen-bond donors (Lipinski definition) is 1. The first-order valence-electron chi connectivity index (χ1n) is 10.3. The quantitative estimate of drug-likeness (QED) is 0.599. The number of anilines is 1. The highest BCUT2D eigenvalue weighted by molar-refractivity contribution is 7.09. The van der Waals surface area contributed by atoms with E-state index in [1.54, 1.807) is 0 Å². The molecule has 1 aromatic heterocycles. The predicted octanol–water partition coefficient (Wildman–Crippen LogP) is 2.82. The fourth-order valence-electron chi connectivity index (χ4n) is 3.85. The minimum Gasteiger partial charge on any atom is -0.356 e. The van der Waals surface area contributed by atoms with E-state index in [0.29, 0.717) is 5.41 Å². The Hall–Kier alpha value is -2.15. The summed E-state index contributed by atoms with van der Waals surface area (Å²) in [5, 5.41) is 4.72. The van der Waals surface area contributed by atoms with Crippen molar-refractivity contribution in [1.82, 2.24) is 19.6 Å². The molecule has 2 fully saturated rings. The van der Waals surface area contributed by atoms with E-state index in [2.05, 4.69) is 66.7 Å². The molecule has 0 spiro atoms. The molecule has 0 bridgehead atoms. The van der Waals surface area contributed by atoms with Crippen molar-refractivity contribution in [2.24, 2.45) is 10.4 Å². The predicted molar refractivity (Wildman–Crippen MR) is 116 cm³/mol. The number of aryl methyl sites for hydroxylation is 1. The highest BCUT2D eigenvalue weighted by Gasteiger charge is 2.42. The molecule has 1 saturated carbocycles. The van der Waals surface area contributed by atoms with Gasteiger partial charge in [0.1, 0.15) is 5.82 Å². The highest BCUT2D eigenvalue weighted by Crippen LogP contribution is 2.47. The Balaban J connectivity index is 1.28. The number of rotatable bonds is 6. The van der Waals surface area contributed by atoms with Crippen LogP contribution in [-0.2, 0) is 12.8 Å². The maximum absolute atomic E-state index is 4.63. The summed E-state index contributed by atoms with van der Waals surface area (Å²) in [7, 11) is 1.89. The van der Waals surface area contributed by atoms with Crippen LogP contribution in [0.1, 0.15) is 31.2 Å². The highest BCUT2D eigenvalue weighted by atomic mass is 32.1. The van der Waals surface area contributed by atoms with Crippen molar-refractivity contribution in [3.05, 3.63) is 41.7 Å². The number of aromatic nitrogens is 2. The second-order valence-corrected chi connectivity index (χ2v) is 8.61. The van der Waals surface area contributed by atoms with Crippen LogP contribution in [0, 0.1) is 5.41 Å². The van der Waals surface area contributed by atoms with Gasteiger partial charge < -0.3 is 15.1 Å². The minimum atomic E-state index is 0.405. The van der Waals surface area contributed by atoms with Gasteiger partial charge in [0.2, 0.25) is 5.13 Å². The summed E-state index contributed by atoms with van der Waals surface area (Å²) in [4.78, 5) is 13.9.